The molecule has 0 saturated carbocycles. The molecule has 0 saturated heterocycles. The van der Waals surface area contributed by atoms with Crippen LogP contribution in [0.3, 0.4) is 0 Å². The molecule has 1 aliphatic heterocycles. The fourth-order valence-corrected chi connectivity index (χ4v) is 4.00. The minimum atomic E-state index is -0.146. The Morgan fingerprint density at radius 1 is 1.06 bits per heavy atom. The van der Waals surface area contributed by atoms with Crippen molar-refractivity contribution in [1.29, 1.82) is 0 Å². The summed E-state index contributed by atoms with van der Waals surface area (Å²) in [6, 6.07) is 10.7. The number of nitrogens with zero attached hydrogens (tertiary/aromatic N) is 2. The van der Waals surface area contributed by atoms with Crippen LogP contribution in [0.2, 0.25) is 0 Å². The van der Waals surface area contributed by atoms with Gasteiger partial charge in [-0.3, -0.25) is 14.6 Å². The smallest absolute Gasteiger partial charge is 0.251 e. The molecule has 0 aliphatic carbocycles. The third-order valence-corrected chi connectivity index (χ3v) is 5.97. The zero-order valence-electron chi connectivity index (χ0n) is 20.4. The van der Waals surface area contributed by atoms with Crippen LogP contribution >= 0.6 is 0 Å². The first-order valence-electron chi connectivity index (χ1n) is 11.9. The molecule has 2 amide bonds. The Hall–Kier alpha value is -3.85. The van der Waals surface area contributed by atoms with E-state index in [1.807, 2.05) is 31.1 Å². The Bertz CT molecular complexity index is 1280. The number of unbranched alkanes of at least 4 members (excludes halogenated alkanes) is 1. The number of carbonyl (C=O) groups excluding carboxylic acids is 2. The number of amides is 2. The van der Waals surface area contributed by atoms with Gasteiger partial charge < -0.3 is 30.9 Å². The lowest BCUT2D eigenvalue weighted by molar-refractivity contribution is 0.0944. The number of carbonyl (C=O) groups is 2. The molecule has 184 valence electrons. The standard InChI is InChI=1S/C26H32N6O3/c1-4-5-10-27-25(34)17-7-9-21-19(14-17)22(26(35)31-21)23-29-15-18-13-16(6-8-20(18)30-23)24(33)28-11-12-32(2)3/h6-9,13-14,31,35H,4-5,10-12,15H2,1-3H3,(H,27,34)(H,28,33)(H,29,30). The first kappa shape index (κ1) is 24.3. The highest BCUT2D eigenvalue weighted by Gasteiger charge is 2.22. The largest absolute Gasteiger partial charge is 0.494 e. The molecular weight excluding hydrogens is 444 g/mol. The highest BCUT2D eigenvalue weighted by Crippen LogP contribution is 2.32. The number of hydrogen-bond donors (Lipinski definition) is 5. The lowest BCUT2D eigenvalue weighted by atomic mass is 10.0. The number of likely N-dealkylation sites (N-methyl/N-ethyl adjacent to an activating group) is 1. The van der Waals surface area contributed by atoms with Gasteiger partial charge in [0.05, 0.1) is 12.1 Å². The molecule has 3 aromatic rings. The van der Waals surface area contributed by atoms with Crippen molar-refractivity contribution >= 4 is 34.2 Å². The first-order chi connectivity index (χ1) is 16.9. The number of aromatic nitrogens is 1. The van der Waals surface area contributed by atoms with Gasteiger partial charge in [-0.1, -0.05) is 13.3 Å². The van der Waals surface area contributed by atoms with Gasteiger partial charge in [0.25, 0.3) is 11.8 Å². The van der Waals surface area contributed by atoms with Gasteiger partial charge in [0.2, 0.25) is 5.88 Å². The third-order valence-electron chi connectivity index (χ3n) is 5.97. The lowest BCUT2D eigenvalue weighted by Crippen LogP contribution is -2.31. The van der Waals surface area contributed by atoms with Crippen molar-refractivity contribution in [2.24, 2.45) is 4.99 Å². The Kier molecular flexibility index (Phi) is 7.36. The second kappa shape index (κ2) is 10.6. The molecule has 35 heavy (non-hydrogen) atoms. The van der Waals surface area contributed by atoms with Crippen LogP contribution in [0.5, 0.6) is 5.88 Å². The van der Waals surface area contributed by atoms with E-state index in [1.165, 1.54) is 0 Å². The number of H-pyrrole nitrogens is 1. The number of nitrogens with one attached hydrogen (secondary N) is 4. The number of aromatic hydroxyl groups is 1. The fourth-order valence-electron chi connectivity index (χ4n) is 4.00. The molecule has 0 fully saturated rings. The van der Waals surface area contributed by atoms with Crippen molar-refractivity contribution in [3.8, 4) is 5.88 Å². The number of fused-ring (bicyclic) bond motifs is 2. The zero-order valence-corrected chi connectivity index (χ0v) is 20.4. The van der Waals surface area contributed by atoms with Gasteiger partial charge in [0.15, 0.2) is 0 Å². The highest BCUT2D eigenvalue weighted by molar-refractivity contribution is 6.19. The van der Waals surface area contributed by atoms with E-state index < -0.39 is 0 Å². The molecule has 0 atom stereocenters. The maximum atomic E-state index is 12.5. The van der Waals surface area contributed by atoms with Crippen LogP contribution in [0.1, 0.15) is 51.6 Å². The number of aromatic amines is 1. The third kappa shape index (κ3) is 5.46. The summed E-state index contributed by atoms with van der Waals surface area (Å²) in [7, 11) is 3.92. The normalized spacial score (nSPS) is 12.7. The zero-order chi connectivity index (χ0) is 24.9. The van der Waals surface area contributed by atoms with Gasteiger partial charge >= 0.3 is 0 Å². The number of hydrogen-bond acceptors (Lipinski definition) is 6. The van der Waals surface area contributed by atoms with Crippen molar-refractivity contribution in [3.05, 3.63) is 58.7 Å². The molecular formula is C26H32N6O3. The first-order valence-corrected chi connectivity index (χ1v) is 11.9. The molecule has 1 aliphatic rings. The monoisotopic (exact) mass is 476 g/mol. The molecule has 0 unspecified atom stereocenters. The Balaban J connectivity index is 1.54. The number of amidine groups is 1. The van der Waals surface area contributed by atoms with Gasteiger partial charge in [-0.25, -0.2) is 0 Å². The van der Waals surface area contributed by atoms with Crippen LogP contribution in [-0.4, -0.2) is 66.4 Å². The maximum Gasteiger partial charge on any atom is 0.251 e. The molecule has 4 rings (SSSR count). The molecule has 2 heterocycles. The van der Waals surface area contributed by atoms with Crippen molar-refractivity contribution in [1.82, 2.24) is 20.5 Å². The van der Waals surface area contributed by atoms with Crippen molar-refractivity contribution in [3.63, 3.8) is 0 Å². The number of benzene rings is 2. The van der Waals surface area contributed by atoms with E-state index in [0.29, 0.717) is 53.1 Å². The van der Waals surface area contributed by atoms with Gasteiger partial charge in [0.1, 0.15) is 5.84 Å². The summed E-state index contributed by atoms with van der Waals surface area (Å²) in [5, 5.41) is 20.5. The van der Waals surface area contributed by atoms with Gasteiger partial charge in [-0.2, -0.15) is 0 Å². The summed E-state index contributed by atoms with van der Waals surface area (Å²) < 4.78 is 0. The quantitative estimate of drug-likeness (QED) is 0.304. The summed E-state index contributed by atoms with van der Waals surface area (Å²) >= 11 is 0. The number of aliphatic imine (C=N–C) groups is 1. The average Bonchev–Trinajstić information content (AvgIpc) is 3.18. The Morgan fingerprint density at radius 2 is 1.77 bits per heavy atom. The Morgan fingerprint density at radius 3 is 2.51 bits per heavy atom. The predicted octanol–water partition coefficient (Wildman–Crippen LogP) is 3.07. The molecule has 9 heteroatoms. The van der Waals surface area contributed by atoms with E-state index in [4.69, 9.17) is 0 Å². The summed E-state index contributed by atoms with van der Waals surface area (Å²) in [4.78, 5) is 34.6. The maximum absolute atomic E-state index is 12.5. The highest BCUT2D eigenvalue weighted by atomic mass is 16.3. The summed E-state index contributed by atoms with van der Waals surface area (Å²) in [6.45, 7) is 4.40. The van der Waals surface area contributed by atoms with Crippen molar-refractivity contribution in [2.45, 2.75) is 26.3 Å². The summed E-state index contributed by atoms with van der Waals surface area (Å²) in [6.07, 6.45) is 1.93. The van der Waals surface area contributed by atoms with Gasteiger partial charge in [-0.15, -0.1) is 0 Å². The van der Waals surface area contributed by atoms with Crippen LogP contribution in [0.4, 0.5) is 5.69 Å². The average molecular weight is 477 g/mol. The van der Waals surface area contributed by atoms with Crippen LogP contribution in [0.15, 0.2) is 41.4 Å². The van der Waals surface area contributed by atoms with E-state index in [1.54, 1.807) is 24.3 Å². The predicted molar refractivity (Wildman–Crippen MR) is 138 cm³/mol. The summed E-state index contributed by atoms with van der Waals surface area (Å²) in [5.74, 6) is 0.221. The number of rotatable bonds is 9. The molecule has 1 aromatic heterocycles. The molecule has 9 nitrogen and oxygen atoms in total. The minimum Gasteiger partial charge on any atom is -0.494 e. The van der Waals surface area contributed by atoms with Crippen LogP contribution < -0.4 is 16.0 Å². The molecule has 2 aromatic carbocycles. The van der Waals surface area contributed by atoms with E-state index in [2.05, 4.69) is 32.9 Å². The second-order valence-electron chi connectivity index (χ2n) is 8.94. The van der Waals surface area contributed by atoms with E-state index in [9.17, 15) is 14.7 Å². The van der Waals surface area contributed by atoms with Crippen LogP contribution in [0.25, 0.3) is 10.9 Å². The van der Waals surface area contributed by atoms with E-state index in [-0.39, 0.29) is 17.7 Å². The molecule has 0 radical (unpaired) electrons. The molecule has 0 spiro atoms. The van der Waals surface area contributed by atoms with Crippen LogP contribution in [-0.2, 0) is 6.54 Å². The molecule has 0 bridgehead atoms. The van der Waals surface area contributed by atoms with Gasteiger partial charge in [-0.05, 0) is 62.5 Å². The topological polar surface area (TPSA) is 122 Å². The lowest BCUT2D eigenvalue weighted by Gasteiger charge is -2.19. The Labute approximate surface area is 204 Å². The number of anilines is 1. The summed E-state index contributed by atoms with van der Waals surface area (Å²) in [5.41, 5.74) is 4.04. The SMILES string of the molecule is CCCCNC(=O)c1ccc2[nH]c(O)c(C3=NCc4cc(C(=O)NCCN(C)C)ccc4N3)c2c1. The van der Waals surface area contributed by atoms with E-state index >= 15 is 0 Å². The van der Waals surface area contributed by atoms with Gasteiger partial charge in [0, 0.05) is 47.4 Å². The second-order valence-corrected chi connectivity index (χ2v) is 8.94. The van der Waals surface area contributed by atoms with Crippen molar-refractivity contribution in [2.75, 3.05) is 39.0 Å². The molecule has 5 N–H and O–H groups in total. The fraction of sp³-hybridized carbons (Fsp3) is 0.346. The minimum absolute atomic E-state index is 0.0184. The van der Waals surface area contributed by atoms with Crippen LogP contribution in [0, 0.1) is 0 Å². The van der Waals surface area contributed by atoms with E-state index in [0.717, 1.165) is 30.6 Å². The van der Waals surface area contributed by atoms with Crippen molar-refractivity contribution < 1.29 is 14.7 Å².